The minimum Gasteiger partial charge on any atom is -0.508 e. The van der Waals surface area contributed by atoms with Crippen molar-refractivity contribution in [2.24, 2.45) is 5.92 Å². The number of phenols is 1. The number of nitro benzene ring substituents is 1. The number of Topliss-reactive ketones (excluding diaryl/α,β-unsaturated/α-hetero) is 4. The molecule has 3 rings (SSSR count). The summed E-state index contributed by atoms with van der Waals surface area (Å²) in [6, 6.07) is 8.63. The summed E-state index contributed by atoms with van der Waals surface area (Å²) in [4.78, 5) is 66.9. The van der Waals surface area contributed by atoms with E-state index < -0.39 is 61.0 Å². The van der Waals surface area contributed by atoms with Gasteiger partial charge in [-0.15, -0.1) is 0 Å². The van der Waals surface area contributed by atoms with E-state index in [2.05, 4.69) is 0 Å². The summed E-state index contributed by atoms with van der Waals surface area (Å²) in [5.74, 6) is -5.82. The molecule has 190 valence electrons. The van der Waals surface area contributed by atoms with Crippen molar-refractivity contribution in [2.75, 3.05) is 6.26 Å². The Labute approximate surface area is 204 Å². The number of carbonyl (C=O) groups excluding carboxylic acids is 4. The number of carbonyl (C=O) groups is 5. The molecule has 0 atom stereocenters. The van der Waals surface area contributed by atoms with Gasteiger partial charge in [0.25, 0.3) is 5.69 Å². The Morgan fingerprint density at radius 2 is 1.58 bits per heavy atom. The smallest absolute Gasteiger partial charge is 0.372 e. The minimum atomic E-state index is -3.70. The zero-order valence-electron chi connectivity index (χ0n) is 18.9. The highest BCUT2D eigenvalue weighted by atomic mass is 32.2. The van der Waals surface area contributed by atoms with E-state index in [-0.39, 0.29) is 29.9 Å². The van der Waals surface area contributed by atoms with Gasteiger partial charge < -0.3 is 10.2 Å². The van der Waals surface area contributed by atoms with E-state index in [1.54, 1.807) is 0 Å². The molecule has 0 heterocycles. The van der Waals surface area contributed by atoms with Gasteiger partial charge >= 0.3 is 5.97 Å². The van der Waals surface area contributed by atoms with Crippen LogP contribution in [0.4, 0.5) is 5.69 Å². The van der Waals surface area contributed by atoms with E-state index >= 15 is 0 Å². The van der Waals surface area contributed by atoms with Crippen molar-refractivity contribution in [3.8, 4) is 5.75 Å². The predicted octanol–water partition coefficient (Wildman–Crippen LogP) is 1.71. The first-order chi connectivity index (χ1) is 16.7. The van der Waals surface area contributed by atoms with Crippen LogP contribution in [0.3, 0.4) is 0 Å². The van der Waals surface area contributed by atoms with Crippen LogP contribution in [-0.2, 0) is 35.4 Å². The number of hydrogen-bond donors (Lipinski definition) is 2. The largest absolute Gasteiger partial charge is 0.508 e. The molecule has 13 heteroatoms. The molecule has 36 heavy (non-hydrogen) atoms. The number of benzene rings is 2. The van der Waals surface area contributed by atoms with E-state index in [1.807, 2.05) is 0 Å². The van der Waals surface area contributed by atoms with Crippen molar-refractivity contribution in [3.05, 3.63) is 63.7 Å². The topological polar surface area (TPSA) is 203 Å². The maximum atomic E-state index is 12.4. The van der Waals surface area contributed by atoms with E-state index in [9.17, 15) is 42.5 Å². The molecular weight excluding hydrogens is 498 g/mol. The average molecular weight is 519 g/mol. The number of aromatic hydroxyl groups is 1. The third-order valence-electron chi connectivity index (χ3n) is 5.15. The van der Waals surface area contributed by atoms with Crippen LogP contribution in [0.15, 0.2) is 47.4 Å². The molecule has 0 aromatic heterocycles. The molecule has 12 nitrogen and oxygen atoms in total. The van der Waals surface area contributed by atoms with Gasteiger partial charge in [-0.2, -0.15) is 0 Å². The highest BCUT2D eigenvalue weighted by Gasteiger charge is 2.39. The van der Waals surface area contributed by atoms with Crippen molar-refractivity contribution in [1.29, 1.82) is 0 Å². The van der Waals surface area contributed by atoms with Gasteiger partial charge in [-0.05, 0) is 36.2 Å². The third kappa shape index (κ3) is 7.12. The summed E-state index contributed by atoms with van der Waals surface area (Å²) < 4.78 is 23.0. The minimum absolute atomic E-state index is 0.0668. The van der Waals surface area contributed by atoms with Gasteiger partial charge in [-0.3, -0.25) is 29.3 Å². The molecule has 2 N–H and O–H groups in total. The molecule has 2 aromatic rings. The average Bonchev–Trinajstić information content (AvgIpc) is 2.79. The maximum absolute atomic E-state index is 12.4. The molecule has 1 fully saturated rings. The number of phenolic OH excluding ortho intramolecular Hbond substituents is 1. The molecule has 0 spiro atoms. The fourth-order valence-electron chi connectivity index (χ4n) is 3.33. The van der Waals surface area contributed by atoms with Crippen LogP contribution in [-0.4, -0.2) is 58.9 Å². The Kier molecular flexibility index (Phi) is 8.90. The van der Waals surface area contributed by atoms with E-state index in [1.165, 1.54) is 24.3 Å². The number of carboxylic acid groups (broad SMARTS) is 1. The first-order valence-corrected chi connectivity index (χ1v) is 12.2. The summed E-state index contributed by atoms with van der Waals surface area (Å²) >= 11 is 0. The summed E-state index contributed by atoms with van der Waals surface area (Å²) in [6.07, 6.45) is 1.22. The zero-order chi connectivity index (χ0) is 27.2. The quantitative estimate of drug-likeness (QED) is 0.177. The zero-order valence-corrected chi connectivity index (χ0v) is 19.7. The molecule has 1 saturated carbocycles. The lowest BCUT2D eigenvalue weighted by atomic mass is 9.81. The molecule has 1 aliphatic carbocycles. The lowest BCUT2D eigenvalue weighted by Gasteiger charge is -2.18. The summed E-state index contributed by atoms with van der Waals surface area (Å²) in [5.41, 5.74) is -0.592. The number of ketones is 4. The van der Waals surface area contributed by atoms with Gasteiger partial charge in [0.05, 0.1) is 15.4 Å². The fourth-order valence-corrected chi connectivity index (χ4v) is 3.97. The molecule has 0 saturated heterocycles. The molecule has 1 aliphatic rings. The summed E-state index contributed by atoms with van der Waals surface area (Å²) in [5, 5.41) is 28.3. The van der Waals surface area contributed by atoms with E-state index in [4.69, 9.17) is 10.2 Å². The normalized spacial score (nSPS) is 13.9. The second-order valence-electron chi connectivity index (χ2n) is 7.86. The Bertz CT molecular complexity index is 1330. The van der Waals surface area contributed by atoms with Crippen molar-refractivity contribution < 1.29 is 47.5 Å². The Morgan fingerprint density at radius 1 is 1.03 bits per heavy atom. The highest BCUT2D eigenvalue weighted by Crippen LogP contribution is 2.28. The summed E-state index contributed by atoms with van der Waals surface area (Å²) in [6.45, 7) is 0. The van der Waals surface area contributed by atoms with Crippen LogP contribution in [0.5, 0.6) is 5.75 Å². The standard InChI is InChI=1S/C14H13NO7S.C9H8O4/c1-23(21,22)8-5-6-9(10(7-8)15(19)20)14(18)13-11(16)3-2-4-12(13)17;10-7-3-1-6(2-4-7)5-8(11)9(12)13/h5-7,13H,2-4H2,1H3;1-4,10H,5H2,(H,12,13). The summed E-state index contributed by atoms with van der Waals surface area (Å²) in [7, 11) is -3.70. The Morgan fingerprint density at radius 3 is 2.06 bits per heavy atom. The number of sulfone groups is 1. The number of rotatable bonds is 7. The lowest BCUT2D eigenvalue weighted by molar-refractivity contribution is -0.385. The van der Waals surface area contributed by atoms with E-state index in [0.29, 0.717) is 12.0 Å². The van der Waals surface area contributed by atoms with Gasteiger partial charge in [-0.25, -0.2) is 13.2 Å². The van der Waals surface area contributed by atoms with E-state index in [0.717, 1.165) is 24.5 Å². The van der Waals surface area contributed by atoms with Gasteiger partial charge in [0.15, 0.2) is 27.2 Å². The van der Waals surface area contributed by atoms with Gasteiger partial charge in [-0.1, -0.05) is 12.1 Å². The van der Waals surface area contributed by atoms with Crippen molar-refractivity contribution >= 4 is 44.6 Å². The number of hydrogen-bond acceptors (Lipinski definition) is 10. The molecule has 2 aromatic carbocycles. The number of nitrogens with zero attached hydrogens (tertiary/aromatic N) is 1. The van der Waals surface area contributed by atoms with Crippen LogP contribution < -0.4 is 0 Å². The SMILES string of the molecule is CS(=O)(=O)c1ccc(C(=O)C2C(=O)CCCC2=O)c([N+](=O)[O-])c1.O=C(O)C(=O)Cc1ccc(O)cc1. The Balaban J connectivity index is 0.000000297. The van der Waals surface area contributed by atoms with Gasteiger partial charge in [0.1, 0.15) is 11.7 Å². The fraction of sp³-hybridized carbons (Fsp3) is 0.261. The molecular formula is C23H21NO11S. The Hall–Kier alpha value is -4.26. The molecule has 0 radical (unpaired) electrons. The van der Waals surface area contributed by atoms with Gasteiger partial charge in [0, 0.05) is 31.6 Å². The number of carboxylic acids is 1. The second-order valence-corrected chi connectivity index (χ2v) is 9.88. The van der Waals surface area contributed by atoms with Crippen LogP contribution >= 0.6 is 0 Å². The van der Waals surface area contributed by atoms with Crippen LogP contribution in [0.2, 0.25) is 0 Å². The maximum Gasteiger partial charge on any atom is 0.372 e. The lowest BCUT2D eigenvalue weighted by Crippen LogP contribution is -2.35. The van der Waals surface area contributed by atoms with Crippen LogP contribution in [0, 0.1) is 16.0 Å². The van der Waals surface area contributed by atoms with Crippen molar-refractivity contribution in [2.45, 2.75) is 30.6 Å². The monoisotopic (exact) mass is 519 g/mol. The van der Waals surface area contributed by atoms with Gasteiger partial charge in [0.2, 0.25) is 5.78 Å². The van der Waals surface area contributed by atoms with Crippen LogP contribution in [0.1, 0.15) is 35.2 Å². The van der Waals surface area contributed by atoms with Crippen molar-refractivity contribution in [3.63, 3.8) is 0 Å². The molecule has 0 aliphatic heterocycles. The molecule has 0 unspecified atom stereocenters. The molecule has 0 amide bonds. The second kappa shape index (κ2) is 11.4. The first-order valence-electron chi connectivity index (χ1n) is 10.3. The van der Waals surface area contributed by atoms with Crippen molar-refractivity contribution in [1.82, 2.24) is 0 Å². The molecule has 0 bridgehead atoms. The first kappa shape index (κ1) is 28.0. The highest BCUT2D eigenvalue weighted by molar-refractivity contribution is 7.90. The van der Waals surface area contributed by atoms with Crippen LogP contribution in [0.25, 0.3) is 0 Å². The number of nitro groups is 1. The third-order valence-corrected chi connectivity index (χ3v) is 6.26. The number of aliphatic carboxylic acids is 1. The predicted molar refractivity (Wildman–Crippen MR) is 122 cm³/mol.